The summed E-state index contributed by atoms with van der Waals surface area (Å²) in [5.41, 5.74) is 0. The fourth-order valence-corrected chi connectivity index (χ4v) is 0.260. The summed E-state index contributed by atoms with van der Waals surface area (Å²) in [5, 5.41) is 0. The van der Waals surface area contributed by atoms with Gasteiger partial charge >= 0.3 is 0 Å². The Bertz CT molecular complexity index is 77.8. The molecule has 0 heterocycles. The molecule has 0 radical (unpaired) electrons. The average Bonchev–Trinajstić information content (AvgIpc) is 1.61. The minimum atomic E-state index is 1.38. The van der Waals surface area contributed by atoms with Crippen molar-refractivity contribution in [2.24, 2.45) is 5.84 Å². The van der Waals surface area contributed by atoms with E-state index in [0.717, 1.165) is 0 Å². The lowest BCUT2D eigenvalue weighted by molar-refractivity contribution is 0.672. The molecule has 1 atom stereocenters. The first kappa shape index (κ1) is 6.67. The van der Waals surface area contributed by atoms with Crippen molar-refractivity contribution in [2.75, 3.05) is 0 Å². The summed E-state index contributed by atoms with van der Waals surface area (Å²) in [6.45, 7) is 3.45. The maximum Gasteiger partial charge on any atom is 0.0190 e. The number of rotatable bonds is 2. The SMILES string of the molecule is C=C/C=C\N(N)P. The minimum Gasteiger partial charge on any atom is -0.304 e. The van der Waals surface area contributed by atoms with Crippen molar-refractivity contribution in [3.63, 3.8) is 0 Å². The van der Waals surface area contributed by atoms with Crippen LogP contribution in [0.15, 0.2) is 24.9 Å². The molecule has 2 N–H and O–H groups in total. The third-order valence-electron chi connectivity index (χ3n) is 0.394. The molecule has 40 valence electrons. The Kier molecular flexibility index (Phi) is 3.67. The van der Waals surface area contributed by atoms with Crippen LogP contribution in [-0.4, -0.2) is 4.78 Å². The summed E-state index contributed by atoms with van der Waals surface area (Å²) in [6.07, 6.45) is 5.08. The number of nitrogens with zero attached hydrogens (tertiary/aromatic N) is 1. The van der Waals surface area contributed by atoms with Crippen LogP contribution >= 0.6 is 9.39 Å². The van der Waals surface area contributed by atoms with Gasteiger partial charge in [-0.15, -0.1) is 0 Å². The number of hydrazine groups is 1. The largest absolute Gasteiger partial charge is 0.304 e. The monoisotopic (exact) mass is 116 g/mol. The van der Waals surface area contributed by atoms with Crippen LogP contribution < -0.4 is 5.84 Å². The molecule has 0 aromatic rings. The average molecular weight is 116 g/mol. The van der Waals surface area contributed by atoms with Crippen LogP contribution in [0, 0.1) is 0 Å². The van der Waals surface area contributed by atoms with Gasteiger partial charge < -0.3 is 4.78 Å². The van der Waals surface area contributed by atoms with Gasteiger partial charge in [0, 0.05) is 6.20 Å². The van der Waals surface area contributed by atoms with Crippen molar-refractivity contribution in [1.82, 2.24) is 4.78 Å². The van der Waals surface area contributed by atoms with Crippen molar-refractivity contribution in [3.8, 4) is 0 Å². The second kappa shape index (κ2) is 3.85. The first-order chi connectivity index (χ1) is 3.27. The molecule has 0 saturated heterocycles. The van der Waals surface area contributed by atoms with Gasteiger partial charge in [-0.3, -0.25) is 0 Å². The Balaban J connectivity index is 3.25. The molecule has 0 rings (SSSR count). The molecule has 0 saturated carbocycles. The molecule has 3 heteroatoms. The molecule has 0 bridgehead atoms. The van der Waals surface area contributed by atoms with Gasteiger partial charge in [0.1, 0.15) is 0 Å². The van der Waals surface area contributed by atoms with E-state index in [4.69, 9.17) is 5.84 Å². The Labute approximate surface area is 45.9 Å². The van der Waals surface area contributed by atoms with Gasteiger partial charge in [-0.2, -0.15) is 0 Å². The van der Waals surface area contributed by atoms with Crippen LogP contribution in [0.4, 0.5) is 0 Å². The van der Waals surface area contributed by atoms with Crippen LogP contribution in [-0.2, 0) is 0 Å². The van der Waals surface area contributed by atoms with Crippen LogP contribution in [0.25, 0.3) is 0 Å². The summed E-state index contributed by atoms with van der Waals surface area (Å²) in [6, 6.07) is 0. The summed E-state index contributed by atoms with van der Waals surface area (Å²) in [5.74, 6) is 5.14. The van der Waals surface area contributed by atoms with E-state index in [2.05, 4.69) is 16.0 Å². The molecule has 1 unspecified atom stereocenters. The van der Waals surface area contributed by atoms with Gasteiger partial charge in [-0.25, -0.2) is 5.84 Å². The minimum absolute atomic E-state index is 1.38. The molecule has 0 amide bonds. The van der Waals surface area contributed by atoms with Crippen LogP contribution in [0.1, 0.15) is 0 Å². The molecule has 0 aliphatic carbocycles. The van der Waals surface area contributed by atoms with E-state index in [1.165, 1.54) is 4.78 Å². The highest BCUT2D eigenvalue weighted by atomic mass is 31.0. The first-order valence-corrected chi connectivity index (χ1v) is 2.37. The summed E-state index contributed by atoms with van der Waals surface area (Å²) < 4.78 is 1.38. The molecule has 0 aromatic carbocycles. The Morgan fingerprint density at radius 2 is 2.29 bits per heavy atom. The van der Waals surface area contributed by atoms with E-state index in [9.17, 15) is 0 Å². The zero-order chi connectivity index (χ0) is 5.70. The van der Waals surface area contributed by atoms with E-state index in [-0.39, 0.29) is 0 Å². The lowest BCUT2D eigenvalue weighted by atomic mass is 10.6. The quantitative estimate of drug-likeness (QED) is 0.248. The van der Waals surface area contributed by atoms with Gasteiger partial charge in [0.25, 0.3) is 0 Å². The standard InChI is InChI=1S/C4H9N2P/c1-2-3-4-6(5)7/h2-4H,1,5,7H2/b4-3-. The first-order valence-electron chi connectivity index (χ1n) is 1.85. The Hall–Kier alpha value is -0.330. The van der Waals surface area contributed by atoms with E-state index in [1.54, 1.807) is 18.4 Å². The predicted molar refractivity (Wildman–Crippen MR) is 35.1 cm³/mol. The lowest BCUT2D eigenvalue weighted by Crippen LogP contribution is -2.09. The van der Waals surface area contributed by atoms with Crippen molar-refractivity contribution < 1.29 is 0 Å². The normalized spacial score (nSPS) is 9.43. The highest BCUT2D eigenvalue weighted by Crippen LogP contribution is 1.86. The third kappa shape index (κ3) is 5.67. The summed E-state index contributed by atoms with van der Waals surface area (Å²) in [7, 11) is 2.28. The number of allylic oxidation sites excluding steroid dienone is 2. The third-order valence-corrected chi connectivity index (χ3v) is 0.566. The Morgan fingerprint density at radius 1 is 1.71 bits per heavy atom. The molecule has 2 nitrogen and oxygen atoms in total. The lowest BCUT2D eigenvalue weighted by Gasteiger charge is -1.99. The predicted octanol–water partition coefficient (Wildman–Crippen LogP) is 0.652. The fraction of sp³-hybridized carbons (Fsp3) is 0. The van der Waals surface area contributed by atoms with Gasteiger partial charge in [0.05, 0.1) is 0 Å². The van der Waals surface area contributed by atoms with Gasteiger partial charge in [-0.1, -0.05) is 12.7 Å². The molecular formula is C4H9N2P. The highest BCUT2D eigenvalue weighted by molar-refractivity contribution is 7.13. The van der Waals surface area contributed by atoms with E-state index in [0.29, 0.717) is 0 Å². The van der Waals surface area contributed by atoms with Crippen LogP contribution in [0.3, 0.4) is 0 Å². The smallest absolute Gasteiger partial charge is 0.0190 e. The molecule has 0 spiro atoms. The van der Waals surface area contributed by atoms with Gasteiger partial charge in [0.2, 0.25) is 0 Å². The van der Waals surface area contributed by atoms with E-state index in [1.807, 2.05) is 0 Å². The van der Waals surface area contributed by atoms with Crippen molar-refractivity contribution in [2.45, 2.75) is 0 Å². The zero-order valence-corrected chi connectivity index (χ0v) is 5.20. The molecule has 7 heavy (non-hydrogen) atoms. The zero-order valence-electron chi connectivity index (χ0n) is 4.04. The molecule has 0 aliphatic heterocycles. The second-order valence-corrected chi connectivity index (χ2v) is 1.62. The number of hydrogen-bond donors (Lipinski definition) is 1. The van der Waals surface area contributed by atoms with Crippen molar-refractivity contribution in [3.05, 3.63) is 24.9 Å². The fourth-order valence-electron chi connectivity index (χ4n) is 0.160. The molecule has 0 aromatic heterocycles. The van der Waals surface area contributed by atoms with E-state index >= 15 is 0 Å². The number of nitrogens with two attached hydrogens (primary N) is 1. The van der Waals surface area contributed by atoms with Crippen molar-refractivity contribution >= 4 is 9.39 Å². The second-order valence-electron chi connectivity index (χ2n) is 1.02. The van der Waals surface area contributed by atoms with Gasteiger partial charge in [-0.05, 0) is 15.5 Å². The molecular weight excluding hydrogens is 107 g/mol. The van der Waals surface area contributed by atoms with Gasteiger partial charge in [0.15, 0.2) is 0 Å². The summed E-state index contributed by atoms with van der Waals surface area (Å²) in [4.78, 5) is 0. The molecule has 0 aliphatic rings. The summed E-state index contributed by atoms with van der Waals surface area (Å²) >= 11 is 0. The maximum atomic E-state index is 5.14. The Morgan fingerprint density at radius 3 is 2.43 bits per heavy atom. The number of hydrogen-bond acceptors (Lipinski definition) is 2. The van der Waals surface area contributed by atoms with Crippen LogP contribution in [0.5, 0.6) is 0 Å². The van der Waals surface area contributed by atoms with E-state index < -0.39 is 0 Å². The highest BCUT2D eigenvalue weighted by Gasteiger charge is 1.67. The maximum absolute atomic E-state index is 5.14. The topological polar surface area (TPSA) is 29.3 Å². The molecule has 0 fully saturated rings. The van der Waals surface area contributed by atoms with Crippen LogP contribution in [0.2, 0.25) is 0 Å². The van der Waals surface area contributed by atoms with Crippen molar-refractivity contribution in [1.29, 1.82) is 0 Å².